The first kappa shape index (κ1) is 8.24. The molecule has 0 aromatic heterocycles. The van der Waals surface area contributed by atoms with Crippen molar-refractivity contribution in [2.24, 2.45) is 0 Å². The van der Waals surface area contributed by atoms with Gasteiger partial charge in [0, 0.05) is 0 Å². The molecule has 0 aliphatic rings. The van der Waals surface area contributed by atoms with Crippen LogP contribution >= 0.6 is 12.4 Å². The first-order valence-electron chi connectivity index (χ1n) is 2.35. The normalized spacial score (nSPS) is 7.67. The zero-order chi connectivity index (χ0) is 5.82. The Balaban J connectivity index is 0.000000640. The molecule has 0 saturated carbocycles. The SMILES string of the molecule is Cl.FNc1ccccc1. The van der Waals surface area contributed by atoms with Crippen LogP contribution in [0.3, 0.4) is 0 Å². The summed E-state index contributed by atoms with van der Waals surface area (Å²) >= 11 is 0. The van der Waals surface area contributed by atoms with Crippen LogP contribution in [0, 0.1) is 0 Å². The minimum atomic E-state index is 0. The van der Waals surface area contributed by atoms with Gasteiger partial charge in [-0.1, -0.05) is 18.2 Å². The van der Waals surface area contributed by atoms with Crippen molar-refractivity contribution in [2.75, 3.05) is 5.54 Å². The van der Waals surface area contributed by atoms with Crippen LogP contribution in [0.1, 0.15) is 0 Å². The third-order valence-corrected chi connectivity index (χ3v) is 0.883. The highest BCUT2D eigenvalue weighted by Crippen LogP contribution is 2.03. The summed E-state index contributed by atoms with van der Waals surface area (Å²) in [6.45, 7) is 0. The van der Waals surface area contributed by atoms with Crippen LogP contribution < -0.4 is 5.54 Å². The summed E-state index contributed by atoms with van der Waals surface area (Å²) in [5.74, 6) is 0. The summed E-state index contributed by atoms with van der Waals surface area (Å²) < 4.78 is 11.5. The fourth-order valence-corrected chi connectivity index (χ4v) is 0.501. The van der Waals surface area contributed by atoms with Crippen molar-refractivity contribution in [3.8, 4) is 0 Å². The molecule has 1 N–H and O–H groups in total. The summed E-state index contributed by atoms with van der Waals surface area (Å²) in [5.41, 5.74) is 2.02. The highest BCUT2D eigenvalue weighted by Gasteiger charge is 1.80. The molecular formula is C6H7ClFN. The fraction of sp³-hybridized carbons (Fsp3) is 0. The Morgan fingerprint density at radius 2 is 1.67 bits per heavy atom. The van der Waals surface area contributed by atoms with Crippen LogP contribution in [0.15, 0.2) is 30.3 Å². The number of para-hydroxylation sites is 1. The van der Waals surface area contributed by atoms with Crippen LogP contribution in [0.2, 0.25) is 0 Å². The molecule has 1 aromatic rings. The van der Waals surface area contributed by atoms with Gasteiger partial charge >= 0.3 is 0 Å². The first-order valence-corrected chi connectivity index (χ1v) is 2.35. The van der Waals surface area contributed by atoms with E-state index in [0.29, 0.717) is 5.69 Å². The number of nitrogens with one attached hydrogen (secondary N) is 1. The second-order valence-electron chi connectivity index (χ2n) is 1.46. The van der Waals surface area contributed by atoms with Gasteiger partial charge in [0.2, 0.25) is 0 Å². The quantitative estimate of drug-likeness (QED) is 0.602. The molecule has 0 amide bonds. The molecule has 3 heteroatoms. The van der Waals surface area contributed by atoms with Crippen molar-refractivity contribution < 1.29 is 4.48 Å². The number of halogens is 2. The van der Waals surface area contributed by atoms with Gasteiger partial charge in [-0.2, -0.15) is 0 Å². The van der Waals surface area contributed by atoms with E-state index in [1.165, 1.54) is 5.54 Å². The Bertz CT molecular complexity index is 154. The fourth-order valence-electron chi connectivity index (χ4n) is 0.501. The third kappa shape index (κ3) is 2.33. The lowest BCUT2D eigenvalue weighted by atomic mass is 10.3. The number of hydrogen-bond acceptors (Lipinski definition) is 1. The van der Waals surface area contributed by atoms with E-state index in [9.17, 15) is 4.48 Å². The van der Waals surface area contributed by atoms with Gasteiger partial charge in [-0.15, -0.1) is 16.9 Å². The summed E-state index contributed by atoms with van der Waals surface area (Å²) in [6.07, 6.45) is 0. The molecule has 0 unspecified atom stereocenters. The molecule has 0 aliphatic carbocycles. The Morgan fingerprint density at radius 1 is 1.11 bits per heavy atom. The van der Waals surface area contributed by atoms with E-state index in [-0.39, 0.29) is 12.4 Å². The van der Waals surface area contributed by atoms with Crippen molar-refractivity contribution in [1.82, 2.24) is 0 Å². The van der Waals surface area contributed by atoms with Gasteiger partial charge in [0.1, 0.15) is 0 Å². The zero-order valence-corrected chi connectivity index (χ0v) is 5.49. The molecular weight excluding hydrogens is 141 g/mol. The molecule has 0 aliphatic heterocycles. The monoisotopic (exact) mass is 147 g/mol. The molecule has 0 saturated heterocycles. The zero-order valence-electron chi connectivity index (χ0n) is 4.67. The topological polar surface area (TPSA) is 12.0 Å². The Hall–Kier alpha value is -0.760. The van der Waals surface area contributed by atoms with E-state index in [0.717, 1.165) is 0 Å². The molecule has 1 rings (SSSR count). The van der Waals surface area contributed by atoms with Crippen molar-refractivity contribution in [2.45, 2.75) is 0 Å². The van der Waals surface area contributed by atoms with Crippen molar-refractivity contribution in [3.63, 3.8) is 0 Å². The van der Waals surface area contributed by atoms with Gasteiger partial charge in [-0.3, -0.25) is 0 Å². The average Bonchev–Trinajstić information content (AvgIpc) is 1.90. The van der Waals surface area contributed by atoms with Gasteiger partial charge in [-0.05, 0) is 12.1 Å². The highest BCUT2D eigenvalue weighted by molar-refractivity contribution is 5.85. The van der Waals surface area contributed by atoms with Crippen LogP contribution in [0.25, 0.3) is 0 Å². The van der Waals surface area contributed by atoms with Gasteiger partial charge in [0.05, 0.1) is 5.69 Å². The van der Waals surface area contributed by atoms with Crippen LogP contribution in [0.4, 0.5) is 10.2 Å². The number of benzene rings is 1. The number of anilines is 1. The van der Waals surface area contributed by atoms with E-state index >= 15 is 0 Å². The molecule has 0 heterocycles. The molecule has 0 radical (unpaired) electrons. The molecule has 50 valence electrons. The lowest BCUT2D eigenvalue weighted by Gasteiger charge is -1.89. The third-order valence-electron chi connectivity index (χ3n) is 0.883. The summed E-state index contributed by atoms with van der Waals surface area (Å²) in [6, 6.07) is 8.67. The lowest BCUT2D eigenvalue weighted by Crippen LogP contribution is -1.77. The molecule has 0 spiro atoms. The maximum Gasteiger partial charge on any atom is 0.0655 e. The molecule has 0 atom stereocenters. The van der Waals surface area contributed by atoms with Crippen LogP contribution in [-0.4, -0.2) is 0 Å². The minimum absolute atomic E-state index is 0. The summed E-state index contributed by atoms with van der Waals surface area (Å²) in [7, 11) is 0. The first-order chi connectivity index (χ1) is 3.93. The average molecular weight is 148 g/mol. The van der Waals surface area contributed by atoms with E-state index < -0.39 is 0 Å². The second kappa shape index (κ2) is 4.15. The predicted octanol–water partition coefficient (Wildman–Crippen LogP) is 2.40. The Kier molecular flexibility index (Phi) is 3.80. The molecule has 0 fully saturated rings. The Labute approximate surface area is 59.2 Å². The second-order valence-corrected chi connectivity index (χ2v) is 1.46. The van der Waals surface area contributed by atoms with E-state index in [2.05, 4.69) is 0 Å². The molecule has 9 heavy (non-hydrogen) atoms. The van der Waals surface area contributed by atoms with Gasteiger partial charge in [0.15, 0.2) is 0 Å². The lowest BCUT2D eigenvalue weighted by molar-refractivity contribution is 0.618. The maximum absolute atomic E-state index is 11.5. The van der Waals surface area contributed by atoms with Gasteiger partial charge in [-0.25, -0.2) is 5.54 Å². The van der Waals surface area contributed by atoms with E-state index in [1.54, 1.807) is 24.3 Å². The molecule has 1 aromatic carbocycles. The van der Waals surface area contributed by atoms with Crippen molar-refractivity contribution >= 4 is 18.1 Å². The minimum Gasteiger partial charge on any atom is -0.225 e. The molecule has 0 bridgehead atoms. The Morgan fingerprint density at radius 3 is 2.00 bits per heavy atom. The predicted molar refractivity (Wildman–Crippen MR) is 38.4 cm³/mol. The molecule has 1 nitrogen and oxygen atoms in total. The van der Waals surface area contributed by atoms with Crippen LogP contribution in [-0.2, 0) is 0 Å². The van der Waals surface area contributed by atoms with Crippen LogP contribution in [0.5, 0.6) is 0 Å². The standard InChI is InChI=1S/C6H6FN.ClH/c7-8-6-4-2-1-3-5-6;/h1-5,8H;1H. The summed E-state index contributed by atoms with van der Waals surface area (Å²) in [4.78, 5) is 0. The maximum atomic E-state index is 11.5. The van der Waals surface area contributed by atoms with E-state index in [1.807, 2.05) is 6.07 Å². The van der Waals surface area contributed by atoms with Crippen molar-refractivity contribution in [1.29, 1.82) is 0 Å². The largest absolute Gasteiger partial charge is 0.225 e. The smallest absolute Gasteiger partial charge is 0.0655 e. The van der Waals surface area contributed by atoms with Gasteiger partial charge < -0.3 is 0 Å². The highest BCUT2D eigenvalue weighted by atomic mass is 35.5. The number of hydrogen-bond donors (Lipinski definition) is 1. The van der Waals surface area contributed by atoms with Crippen molar-refractivity contribution in [3.05, 3.63) is 30.3 Å². The summed E-state index contributed by atoms with van der Waals surface area (Å²) in [5, 5.41) is 0. The van der Waals surface area contributed by atoms with Gasteiger partial charge in [0.25, 0.3) is 0 Å². The number of rotatable bonds is 1. The van der Waals surface area contributed by atoms with E-state index in [4.69, 9.17) is 0 Å².